The van der Waals surface area contributed by atoms with Crippen LogP contribution in [0.3, 0.4) is 0 Å². The van der Waals surface area contributed by atoms with Crippen molar-refractivity contribution in [2.75, 3.05) is 19.6 Å². The summed E-state index contributed by atoms with van der Waals surface area (Å²) in [6.07, 6.45) is 4.18. The Morgan fingerprint density at radius 2 is 2.15 bits per heavy atom. The van der Waals surface area contributed by atoms with Gasteiger partial charge in [-0.1, -0.05) is 6.07 Å². The molecule has 108 valence electrons. The van der Waals surface area contributed by atoms with Crippen LogP contribution in [0.2, 0.25) is 0 Å². The maximum absolute atomic E-state index is 11.9. The normalized spacial score (nSPS) is 19.5. The quantitative estimate of drug-likeness (QED) is 0.905. The van der Waals surface area contributed by atoms with Gasteiger partial charge in [0.25, 0.3) is 0 Å². The van der Waals surface area contributed by atoms with E-state index in [1.54, 1.807) is 11.8 Å². The van der Waals surface area contributed by atoms with Crippen molar-refractivity contribution in [1.82, 2.24) is 5.32 Å². The predicted octanol–water partition coefficient (Wildman–Crippen LogP) is 2.31. The molecule has 0 spiro atoms. The van der Waals surface area contributed by atoms with Gasteiger partial charge in [-0.25, -0.2) is 0 Å². The molecule has 1 aromatic rings. The second-order valence-electron chi connectivity index (χ2n) is 5.44. The van der Waals surface area contributed by atoms with E-state index in [0.717, 1.165) is 24.3 Å². The number of thioether (sulfide) groups is 1. The van der Waals surface area contributed by atoms with Crippen molar-refractivity contribution in [2.45, 2.75) is 30.4 Å². The molecule has 0 bridgehead atoms. The first-order valence-corrected chi connectivity index (χ1v) is 8.14. The Kier molecular flexibility index (Phi) is 3.54. The van der Waals surface area contributed by atoms with E-state index in [-0.39, 0.29) is 16.6 Å². The Morgan fingerprint density at radius 3 is 2.85 bits per heavy atom. The lowest BCUT2D eigenvalue weighted by Crippen LogP contribution is -2.36. The van der Waals surface area contributed by atoms with Crippen molar-refractivity contribution in [1.29, 1.82) is 0 Å². The summed E-state index contributed by atoms with van der Waals surface area (Å²) in [5.41, 5.74) is 1.33. The molecular formula is C15H19NO3S. The number of amides is 1. The molecule has 1 saturated carbocycles. The number of rotatable bonds is 5. The Morgan fingerprint density at radius 1 is 1.40 bits per heavy atom. The van der Waals surface area contributed by atoms with Gasteiger partial charge in [0.2, 0.25) is 12.7 Å². The van der Waals surface area contributed by atoms with E-state index in [9.17, 15) is 4.79 Å². The average Bonchev–Trinajstić information content (AvgIpc) is 3.12. The van der Waals surface area contributed by atoms with Gasteiger partial charge in [0.1, 0.15) is 0 Å². The van der Waals surface area contributed by atoms with Crippen molar-refractivity contribution < 1.29 is 14.3 Å². The van der Waals surface area contributed by atoms with E-state index in [2.05, 4.69) is 17.4 Å². The number of fused-ring (bicyclic) bond motifs is 1. The first-order valence-electron chi connectivity index (χ1n) is 6.85. The molecular weight excluding hydrogens is 274 g/mol. The number of benzene rings is 1. The maximum Gasteiger partial charge on any atom is 0.232 e. The molecule has 5 heteroatoms. The lowest BCUT2D eigenvalue weighted by Gasteiger charge is -2.18. The lowest BCUT2D eigenvalue weighted by atomic mass is 9.95. The van der Waals surface area contributed by atoms with Crippen molar-refractivity contribution in [3.8, 4) is 11.5 Å². The van der Waals surface area contributed by atoms with Gasteiger partial charge in [-0.2, -0.15) is 11.8 Å². The molecule has 1 atom stereocenters. The van der Waals surface area contributed by atoms with Crippen molar-refractivity contribution in [2.24, 2.45) is 0 Å². The average molecular weight is 293 g/mol. The number of hydrogen-bond donors (Lipinski definition) is 1. The zero-order valence-corrected chi connectivity index (χ0v) is 12.6. The summed E-state index contributed by atoms with van der Waals surface area (Å²) in [5, 5.41) is 3.07. The Hall–Kier alpha value is -1.36. The summed E-state index contributed by atoms with van der Waals surface area (Å²) in [4.78, 5) is 11.9. The lowest BCUT2D eigenvalue weighted by molar-refractivity contribution is -0.120. The summed E-state index contributed by atoms with van der Waals surface area (Å²) < 4.78 is 10.8. The van der Waals surface area contributed by atoms with Crippen LogP contribution in [0.15, 0.2) is 18.2 Å². The number of ether oxygens (including phenoxy) is 2. The topological polar surface area (TPSA) is 47.6 Å². The highest BCUT2D eigenvalue weighted by Gasteiger charge is 2.45. The van der Waals surface area contributed by atoms with Gasteiger partial charge in [-0.05, 0) is 43.7 Å². The van der Waals surface area contributed by atoms with Gasteiger partial charge in [-0.3, -0.25) is 4.79 Å². The van der Waals surface area contributed by atoms with Gasteiger partial charge in [-0.15, -0.1) is 0 Å². The van der Waals surface area contributed by atoms with Crippen molar-refractivity contribution >= 4 is 17.7 Å². The maximum atomic E-state index is 11.9. The fourth-order valence-electron chi connectivity index (χ4n) is 2.45. The van der Waals surface area contributed by atoms with Crippen LogP contribution in [0.4, 0.5) is 0 Å². The van der Waals surface area contributed by atoms with Crippen LogP contribution < -0.4 is 14.8 Å². The molecule has 20 heavy (non-hydrogen) atoms. The van der Waals surface area contributed by atoms with Crippen LogP contribution in [0.1, 0.15) is 25.3 Å². The second kappa shape index (κ2) is 5.20. The molecule has 1 fully saturated rings. The SMILES string of the molecule is CS[C@@H](C)C(=O)NCC1(c2ccc3c(c2)OCO3)CC1. The zero-order valence-electron chi connectivity index (χ0n) is 11.8. The standard InChI is InChI=1S/C15H19NO3S/c1-10(20-2)14(17)16-8-15(5-6-15)11-3-4-12-13(7-11)19-9-18-12/h3-4,7,10H,5-6,8-9H2,1-2H3,(H,16,17)/t10-/m0/s1. The molecule has 1 aromatic carbocycles. The van der Waals surface area contributed by atoms with Gasteiger partial charge < -0.3 is 14.8 Å². The molecule has 2 aliphatic rings. The zero-order chi connectivity index (χ0) is 14.2. The predicted molar refractivity (Wildman–Crippen MR) is 79.5 cm³/mol. The van der Waals surface area contributed by atoms with E-state index in [1.165, 1.54) is 5.56 Å². The van der Waals surface area contributed by atoms with E-state index in [1.807, 2.05) is 19.2 Å². The third kappa shape index (κ3) is 2.46. The van der Waals surface area contributed by atoms with Crippen LogP contribution in [0.5, 0.6) is 11.5 Å². The monoisotopic (exact) mass is 293 g/mol. The molecule has 0 radical (unpaired) electrons. The summed E-state index contributed by atoms with van der Waals surface area (Å²) >= 11 is 1.57. The van der Waals surface area contributed by atoms with Crippen LogP contribution in [0, 0.1) is 0 Å². The Balaban J connectivity index is 1.68. The van der Waals surface area contributed by atoms with E-state index in [0.29, 0.717) is 13.3 Å². The molecule has 1 aliphatic carbocycles. The Labute approximate surface area is 123 Å². The molecule has 1 heterocycles. The largest absolute Gasteiger partial charge is 0.454 e. The number of carbonyl (C=O) groups excluding carboxylic acids is 1. The Bertz CT molecular complexity index is 528. The fourth-order valence-corrected chi connectivity index (χ4v) is 2.75. The van der Waals surface area contributed by atoms with Crippen LogP contribution >= 0.6 is 11.8 Å². The van der Waals surface area contributed by atoms with Gasteiger partial charge >= 0.3 is 0 Å². The summed E-state index contributed by atoms with van der Waals surface area (Å²) in [7, 11) is 0. The minimum absolute atomic E-state index is 0.00236. The first-order chi connectivity index (χ1) is 9.64. The van der Waals surface area contributed by atoms with Crippen LogP contribution in [0.25, 0.3) is 0 Å². The third-order valence-electron chi connectivity index (χ3n) is 4.16. The molecule has 3 rings (SSSR count). The molecule has 0 unspecified atom stereocenters. The third-order valence-corrected chi connectivity index (χ3v) is 5.08. The van der Waals surface area contributed by atoms with Crippen LogP contribution in [-0.2, 0) is 10.2 Å². The molecule has 4 nitrogen and oxygen atoms in total. The smallest absolute Gasteiger partial charge is 0.232 e. The molecule has 1 aliphatic heterocycles. The number of nitrogens with one attached hydrogen (secondary N) is 1. The molecule has 1 amide bonds. The van der Waals surface area contributed by atoms with Crippen molar-refractivity contribution in [3.63, 3.8) is 0 Å². The highest BCUT2D eigenvalue weighted by Crippen LogP contribution is 2.49. The van der Waals surface area contributed by atoms with E-state index in [4.69, 9.17) is 9.47 Å². The first kappa shape index (κ1) is 13.6. The van der Waals surface area contributed by atoms with E-state index < -0.39 is 0 Å². The fraction of sp³-hybridized carbons (Fsp3) is 0.533. The minimum atomic E-state index is 0.00236. The summed E-state index contributed by atoms with van der Waals surface area (Å²) in [6, 6.07) is 6.11. The number of hydrogen-bond acceptors (Lipinski definition) is 4. The highest BCUT2D eigenvalue weighted by atomic mass is 32.2. The van der Waals surface area contributed by atoms with E-state index >= 15 is 0 Å². The van der Waals surface area contributed by atoms with Gasteiger partial charge in [0.05, 0.1) is 5.25 Å². The van der Waals surface area contributed by atoms with Gasteiger partial charge in [0, 0.05) is 12.0 Å². The summed E-state index contributed by atoms with van der Waals surface area (Å²) in [5.74, 6) is 1.74. The number of carbonyl (C=O) groups is 1. The summed E-state index contributed by atoms with van der Waals surface area (Å²) in [6.45, 7) is 2.93. The molecule has 0 saturated heterocycles. The molecule has 0 aromatic heterocycles. The van der Waals surface area contributed by atoms with Gasteiger partial charge in [0.15, 0.2) is 11.5 Å². The minimum Gasteiger partial charge on any atom is -0.454 e. The van der Waals surface area contributed by atoms with Crippen LogP contribution in [-0.4, -0.2) is 30.8 Å². The second-order valence-corrected chi connectivity index (χ2v) is 6.62. The highest BCUT2D eigenvalue weighted by molar-refractivity contribution is 7.99. The molecule has 1 N–H and O–H groups in total. The van der Waals surface area contributed by atoms with Crippen molar-refractivity contribution in [3.05, 3.63) is 23.8 Å².